The maximum absolute atomic E-state index is 12.5. The molecule has 0 aromatic heterocycles. The van der Waals surface area contributed by atoms with E-state index in [9.17, 15) is 9.59 Å². The molecule has 1 aromatic rings. The Kier molecular flexibility index (Phi) is 7.96. The molecule has 0 radical (unpaired) electrons. The largest absolute Gasteiger partial charge is 0.378 e. The molecule has 1 heterocycles. The number of hydrogen-bond acceptors (Lipinski definition) is 4. The van der Waals surface area contributed by atoms with Crippen molar-refractivity contribution in [2.45, 2.75) is 25.8 Å². The second kappa shape index (κ2) is 9.97. The second-order valence-electron chi connectivity index (χ2n) is 5.92. The number of nitrogens with zero attached hydrogens (tertiary/aromatic N) is 1. The Morgan fingerprint density at radius 3 is 2.88 bits per heavy atom. The molecule has 1 aliphatic heterocycles. The van der Waals surface area contributed by atoms with E-state index in [0.29, 0.717) is 41.9 Å². The first-order valence-corrected chi connectivity index (χ1v) is 9.09. The Morgan fingerprint density at radius 1 is 1.40 bits per heavy atom. The average Bonchev–Trinajstić information content (AvgIpc) is 2.58. The van der Waals surface area contributed by atoms with E-state index < -0.39 is 0 Å². The highest BCUT2D eigenvalue weighted by molar-refractivity contribution is 6.35. The minimum atomic E-state index is -0.307. The first-order valence-electron chi connectivity index (χ1n) is 8.33. The van der Waals surface area contributed by atoms with Crippen molar-refractivity contribution in [3.05, 3.63) is 28.2 Å². The summed E-state index contributed by atoms with van der Waals surface area (Å²) in [7, 11) is 0. The lowest BCUT2D eigenvalue weighted by molar-refractivity contribution is -0.135. The summed E-state index contributed by atoms with van der Waals surface area (Å²) in [6, 6.07) is 4.83. The van der Waals surface area contributed by atoms with Crippen LogP contribution in [0.4, 0.5) is 5.69 Å². The van der Waals surface area contributed by atoms with Crippen LogP contribution in [0.1, 0.15) is 19.8 Å². The molecule has 1 atom stereocenters. The van der Waals surface area contributed by atoms with Crippen LogP contribution >= 0.6 is 23.2 Å². The van der Waals surface area contributed by atoms with Crippen LogP contribution in [0.25, 0.3) is 0 Å². The van der Waals surface area contributed by atoms with Crippen molar-refractivity contribution in [1.82, 2.24) is 10.2 Å². The van der Waals surface area contributed by atoms with Crippen LogP contribution in [0.15, 0.2) is 18.2 Å². The van der Waals surface area contributed by atoms with Crippen molar-refractivity contribution < 1.29 is 14.3 Å². The van der Waals surface area contributed by atoms with Gasteiger partial charge in [-0.1, -0.05) is 30.1 Å². The van der Waals surface area contributed by atoms with E-state index in [1.165, 1.54) is 0 Å². The van der Waals surface area contributed by atoms with Gasteiger partial charge < -0.3 is 20.3 Å². The second-order valence-corrected chi connectivity index (χ2v) is 6.76. The van der Waals surface area contributed by atoms with E-state index in [-0.39, 0.29) is 24.4 Å². The smallest absolute Gasteiger partial charge is 0.244 e. The molecule has 2 amide bonds. The third kappa shape index (κ3) is 6.47. The third-order valence-electron chi connectivity index (χ3n) is 3.80. The summed E-state index contributed by atoms with van der Waals surface area (Å²) in [6.07, 6.45) is 1.08. The first-order chi connectivity index (χ1) is 12.0. The Labute approximate surface area is 157 Å². The summed E-state index contributed by atoms with van der Waals surface area (Å²) in [6.45, 7) is 4.36. The summed E-state index contributed by atoms with van der Waals surface area (Å²) in [5, 5.41) is 6.83. The zero-order chi connectivity index (χ0) is 18.2. The van der Waals surface area contributed by atoms with Gasteiger partial charge in [-0.2, -0.15) is 0 Å². The summed E-state index contributed by atoms with van der Waals surface area (Å²) >= 11 is 12.0. The van der Waals surface area contributed by atoms with E-state index in [1.54, 1.807) is 23.1 Å². The number of amides is 2. The molecular formula is C17H23Cl2N3O3. The Bertz CT molecular complexity index is 607. The molecule has 8 heteroatoms. The molecule has 1 aliphatic rings. The SMILES string of the molecule is CCCN(CC(=O)Nc1cc(Cl)ccc1Cl)C(=O)CC1COCCN1. The Balaban J connectivity index is 1.93. The number of hydrogen-bond donors (Lipinski definition) is 2. The van der Waals surface area contributed by atoms with Crippen LogP contribution in [0, 0.1) is 0 Å². The lowest BCUT2D eigenvalue weighted by Crippen LogP contribution is -2.46. The maximum Gasteiger partial charge on any atom is 0.244 e. The van der Waals surface area contributed by atoms with E-state index in [0.717, 1.165) is 13.0 Å². The van der Waals surface area contributed by atoms with Gasteiger partial charge in [0.25, 0.3) is 0 Å². The zero-order valence-corrected chi connectivity index (χ0v) is 15.7. The van der Waals surface area contributed by atoms with Crippen molar-refractivity contribution >= 4 is 40.7 Å². The molecule has 0 spiro atoms. The lowest BCUT2D eigenvalue weighted by atomic mass is 10.1. The molecule has 6 nitrogen and oxygen atoms in total. The van der Waals surface area contributed by atoms with Crippen molar-refractivity contribution in [1.29, 1.82) is 0 Å². The molecule has 0 saturated carbocycles. The van der Waals surface area contributed by atoms with Crippen LogP contribution in [0.5, 0.6) is 0 Å². The summed E-state index contributed by atoms with van der Waals surface area (Å²) in [5.41, 5.74) is 0.436. The summed E-state index contributed by atoms with van der Waals surface area (Å²) in [4.78, 5) is 26.4. The van der Waals surface area contributed by atoms with Crippen LogP contribution in [0.3, 0.4) is 0 Å². The number of nitrogens with one attached hydrogen (secondary N) is 2. The van der Waals surface area contributed by atoms with Gasteiger partial charge in [-0.15, -0.1) is 0 Å². The number of carbonyl (C=O) groups is 2. The van der Waals surface area contributed by atoms with Crippen LogP contribution in [0.2, 0.25) is 10.0 Å². The monoisotopic (exact) mass is 387 g/mol. The molecule has 1 fully saturated rings. The molecule has 1 unspecified atom stereocenters. The highest BCUT2D eigenvalue weighted by Crippen LogP contribution is 2.25. The molecule has 0 aliphatic carbocycles. The fraction of sp³-hybridized carbons (Fsp3) is 0.529. The number of rotatable bonds is 7. The molecule has 2 rings (SSSR count). The van der Waals surface area contributed by atoms with E-state index in [1.807, 2.05) is 6.92 Å². The number of anilines is 1. The predicted octanol–water partition coefficient (Wildman–Crippen LogP) is 2.55. The summed E-state index contributed by atoms with van der Waals surface area (Å²) < 4.78 is 5.37. The minimum Gasteiger partial charge on any atom is -0.378 e. The van der Waals surface area contributed by atoms with E-state index >= 15 is 0 Å². The third-order valence-corrected chi connectivity index (χ3v) is 4.37. The topological polar surface area (TPSA) is 70.7 Å². The van der Waals surface area contributed by atoms with Gasteiger partial charge in [0.05, 0.1) is 30.5 Å². The Hall–Kier alpha value is -1.34. The highest BCUT2D eigenvalue weighted by Gasteiger charge is 2.22. The number of morpholine rings is 1. The standard InChI is InChI=1S/C17H23Cl2N3O3/c1-2-6-22(17(24)9-13-11-25-7-5-20-13)10-16(23)21-15-8-12(18)3-4-14(15)19/h3-4,8,13,20H,2,5-7,9-11H2,1H3,(H,21,23). The van der Waals surface area contributed by atoms with Crippen LogP contribution in [-0.2, 0) is 14.3 Å². The fourth-order valence-corrected chi connectivity index (χ4v) is 2.95. The number of benzene rings is 1. The molecular weight excluding hydrogens is 365 g/mol. The number of carbonyl (C=O) groups excluding carboxylic acids is 2. The van der Waals surface area contributed by atoms with Crippen molar-refractivity contribution in [2.24, 2.45) is 0 Å². The van der Waals surface area contributed by atoms with Crippen LogP contribution in [-0.4, -0.2) is 55.6 Å². The average molecular weight is 388 g/mol. The molecule has 1 aromatic carbocycles. The van der Waals surface area contributed by atoms with Gasteiger partial charge in [0, 0.05) is 30.6 Å². The van der Waals surface area contributed by atoms with Gasteiger partial charge in [-0.05, 0) is 24.6 Å². The van der Waals surface area contributed by atoms with E-state index in [2.05, 4.69) is 10.6 Å². The van der Waals surface area contributed by atoms with Gasteiger partial charge in [0.15, 0.2) is 0 Å². The normalized spacial score (nSPS) is 17.2. The number of ether oxygens (including phenoxy) is 1. The van der Waals surface area contributed by atoms with Gasteiger partial charge >= 0.3 is 0 Å². The maximum atomic E-state index is 12.5. The van der Waals surface area contributed by atoms with E-state index in [4.69, 9.17) is 27.9 Å². The van der Waals surface area contributed by atoms with Gasteiger partial charge in [-0.3, -0.25) is 9.59 Å². The molecule has 2 N–H and O–H groups in total. The van der Waals surface area contributed by atoms with Crippen molar-refractivity contribution in [3.63, 3.8) is 0 Å². The molecule has 0 bridgehead atoms. The van der Waals surface area contributed by atoms with Gasteiger partial charge in [0.2, 0.25) is 11.8 Å². The van der Waals surface area contributed by atoms with Crippen molar-refractivity contribution in [3.8, 4) is 0 Å². The first kappa shape index (κ1) is 20.0. The van der Waals surface area contributed by atoms with Gasteiger partial charge in [-0.25, -0.2) is 0 Å². The quantitative estimate of drug-likeness (QED) is 0.753. The van der Waals surface area contributed by atoms with Crippen LogP contribution < -0.4 is 10.6 Å². The number of halogens is 2. The minimum absolute atomic E-state index is 0.00829. The molecule has 25 heavy (non-hydrogen) atoms. The zero-order valence-electron chi connectivity index (χ0n) is 14.2. The Morgan fingerprint density at radius 2 is 2.20 bits per heavy atom. The highest BCUT2D eigenvalue weighted by atomic mass is 35.5. The van der Waals surface area contributed by atoms with Crippen molar-refractivity contribution in [2.75, 3.05) is 38.2 Å². The lowest BCUT2D eigenvalue weighted by Gasteiger charge is -2.27. The summed E-state index contributed by atoms with van der Waals surface area (Å²) in [5.74, 6) is -0.379. The molecule has 1 saturated heterocycles. The fourth-order valence-electron chi connectivity index (χ4n) is 2.61. The molecule has 138 valence electrons. The predicted molar refractivity (Wildman–Crippen MR) is 99.2 cm³/mol. The van der Waals surface area contributed by atoms with Gasteiger partial charge in [0.1, 0.15) is 0 Å².